The van der Waals surface area contributed by atoms with Crippen molar-refractivity contribution in [3.8, 4) is 6.07 Å². The van der Waals surface area contributed by atoms with E-state index in [-0.39, 0.29) is 6.04 Å². The van der Waals surface area contributed by atoms with E-state index in [4.69, 9.17) is 4.74 Å². The van der Waals surface area contributed by atoms with Crippen molar-refractivity contribution in [2.24, 2.45) is 16.3 Å². The second-order valence-electron chi connectivity index (χ2n) is 5.87. The Hall–Kier alpha value is -1.82. The highest BCUT2D eigenvalue weighted by Gasteiger charge is 2.46. The third-order valence-corrected chi connectivity index (χ3v) is 4.17. The summed E-state index contributed by atoms with van der Waals surface area (Å²) in [5.41, 5.74) is 1.93. The van der Waals surface area contributed by atoms with Crippen LogP contribution in [0.2, 0.25) is 0 Å². The fourth-order valence-electron chi connectivity index (χ4n) is 2.89. The van der Waals surface area contributed by atoms with Crippen molar-refractivity contribution in [3.63, 3.8) is 0 Å². The molecule has 0 amide bonds. The maximum absolute atomic E-state index is 9.66. The molecule has 1 aromatic carbocycles. The minimum Gasteiger partial charge on any atom is -0.478 e. The van der Waals surface area contributed by atoms with Crippen molar-refractivity contribution in [1.29, 1.82) is 5.26 Å². The molecular formula is C16H18N2O. The molecule has 0 saturated carbocycles. The first-order valence-electron chi connectivity index (χ1n) is 6.84. The molecule has 1 aliphatic carbocycles. The topological polar surface area (TPSA) is 45.4 Å². The fraction of sp³-hybridized carbons (Fsp3) is 0.500. The smallest absolute Gasteiger partial charge is 0.205 e. The molecule has 3 heteroatoms. The Balaban J connectivity index is 1.92. The summed E-state index contributed by atoms with van der Waals surface area (Å²) in [6.45, 7) is 4.90. The van der Waals surface area contributed by atoms with Gasteiger partial charge in [0.2, 0.25) is 5.90 Å². The molecular weight excluding hydrogens is 236 g/mol. The van der Waals surface area contributed by atoms with Gasteiger partial charge in [0.25, 0.3) is 0 Å². The van der Waals surface area contributed by atoms with Crippen LogP contribution < -0.4 is 0 Å². The van der Waals surface area contributed by atoms with Gasteiger partial charge in [-0.2, -0.15) is 5.26 Å². The lowest BCUT2D eigenvalue weighted by Crippen LogP contribution is -2.30. The van der Waals surface area contributed by atoms with Crippen LogP contribution in [0.1, 0.15) is 25.0 Å². The third kappa shape index (κ3) is 1.92. The minimum atomic E-state index is -0.576. The van der Waals surface area contributed by atoms with Crippen LogP contribution in [0.5, 0.6) is 0 Å². The number of hydrogen-bond donors (Lipinski definition) is 0. The normalized spacial score (nSPS) is 23.7. The summed E-state index contributed by atoms with van der Waals surface area (Å²) in [5, 5.41) is 9.66. The largest absolute Gasteiger partial charge is 0.478 e. The molecule has 0 N–H and O–H groups in total. The predicted octanol–water partition coefficient (Wildman–Crippen LogP) is 2.75. The molecule has 3 nitrogen and oxygen atoms in total. The lowest BCUT2D eigenvalue weighted by molar-refractivity contribution is 0.266. The van der Waals surface area contributed by atoms with Crippen molar-refractivity contribution in [2.45, 2.75) is 32.7 Å². The standard InChI is InChI=1S/C16H18N2O/c1-11(2)14-9-19-15(18-14)16(10-17)7-12-5-3-4-6-13(12)8-16/h3-6,11,14H,7-9H2,1-2H3/t14-/m1/s1. The summed E-state index contributed by atoms with van der Waals surface area (Å²) < 4.78 is 5.76. The average Bonchev–Trinajstić information content (AvgIpc) is 3.03. The van der Waals surface area contributed by atoms with Crippen LogP contribution in [0.25, 0.3) is 0 Å². The zero-order chi connectivity index (χ0) is 13.5. The molecule has 1 heterocycles. The molecule has 1 aromatic rings. The van der Waals surface area contributed by atoms with Gasteiger partial charge in [-0.15, -0.1) is 0 Å². The van der Waals surface area contributed by atoms with Crippen molar-refractivity contribution >= 4 is 5.90 Å². The minimum absolute atomic E-state index is 0.198. The molecule has 0 unspecified atom stereocenters. The number of aliphatic imine (C=N–C) groups is 1. The van der Waals surface area contributed by atoms with Crippen LogP contribution in [0, 0.1) is 22.7 Å². The van der Waals surface area contributed by atoms with Crippen LogP contribution in [0.4, 0.5) is 0 Å². The number of hydrogen-bond acceptors (Lipinski definition) is 3. The SMILES string of the molecule is CC(C)[C@H]1COC(C2(C#N)Cc3ccccc3C2)=N1. The first-order valence-corrected chi connectivity index (χ1v) is 6.84. The molecule has 0 saturated heterocycles. The van der Waals surface area contributed by atoms with E-state index in [0.717, 1.165) is 12.8 Å². The fourth-order valence-corrected chi connectivity index (χ4v) is 2.89. The lowest BCUT2D eigenvalue weighted by Gasteiger charge is -2.19. The molecule has 1 atom stereocenters. The van der Waals surface area contributed by atoms with E-state index < -0.39 is 5.41 Å². The lowest BCUT2D eigenvalue weighted by atomic mass is 9.86. The Morgan fingerprint density at radius 3 is 2.42 bits per heavy atom. The van der Waals surface area contributed by atoms with Gasteiger partial charge < -0.3 is 4.74 Å². The van der Waals surface area contributed by atoms with E-state index in [1.807, 2.05) is 12.1 Å². The van der Waals surface area contributed by atoms with Crippen LogP contribution in [-0.2, 0) is 17.6 Å². The number of nitriles is 1. The second-order valence-corrected chi connectivity index (χ2v) is 5.87. The summed E-state index contributed by atoms with van der Waals surface area (Å²) in [5.74, 6) is 1.11. The number of nitrogens with zero attached hydrogens (tertiary/aromatic N) is 2. The van der Waals surface area contributed by atoms with Gasteiger partial charge in [-0.25, -0.2) is 4.99 Å². The average molecular weight is 254 g/mol. The van der Waals surface area contributed by atoms with Crippen molar-refractivity contribution in [3.05, 3.63) is 35.4 Å². The van der Waals surface area contributed by atoms with Crippen molar-refractivity contribution in [2.75, 3.05) is 6.61 Å². The van der Waals surface area contributed by atoms with E-state index in [1.165, 1.54) is 11.1 Å². The molecule has 0 spiro atoms. The maximum Gasteiger partial charge on any atom is 0.205 e. The molecule has 0 bridgehead atoms. The summed E-state index contributed by atoms with van der Waals surface area (Å²) in [7, 11) is 0. The molecule has 2 aliphatic rings. The third-order valence-electron chi connectivity index (χ3n) is 4.17. The maximum atomic E-state index is 9.66. The zero-order valence-electron chi connectivity index (χ0n) is 11.4. The Labute approximate surface area is 113 Å². The van der Waals surface area contributed by atoms with Gasteiger partial charge in [0.05, 0.1) is 12.1 Å². The number of benzene rings is 1. The Kier molecular flexibility index (Phi) is 2.82. The van der Waals surface area contributed by atoms with E-state index in [1.54, 1.807) is 0 Å². The highest BCUT2D eigenvalue weighted by molar-refractivity contribution is 5.88. The van der Waals surface area contributed by atoms with Crippen LogP contribution in [0.3, 0.4) is 0 Å². The number of rotatable bonds is 2. The first-order chi connectivity index (χ1) is 9.14. The van der Waals surface area contributed by atoms with E-state index >= 15 is 0 Å². The van der Waals surface area contributed by atoms with Crippen LogP contribution in [0.15, 0.2) is 29.3 Å². The van der Waals surface area contributed by atoms with Gasteiger partial charge in [-0.05, 0) is 17.0 Å². The molecule has 3 rings (SSSR count). The number of ether oxygens (including phenoxy) is 1. The quantitative estimate of drug-likeness (QED) is 0.814. The Bertz CT molecular complexity index is 543. The monoisotopic (exact) mass is 254 g/mol. The Morgan fingerprint density at radius 1 is 1.32 bits per heavy atom. The van der Waals surface area contributed by atoms with Gasteiger partial charge in [-0.1, -0.05) is 38.1 Å². The van der Waals surface area contributed by atoms with Gasteiger partial charge >= 0.3 is 0 Å². The van der Waals surface area contributed by atoms with Crippen LogP contribution >= 0.6 is 0 Å². The predicted molar refractivity (Wildman–Crippen MR) is 73.9 cm³/mol. The van der Waals surface area contributed by atoms with Crippen LogP contribution in [-0.4, -0.2) is 18.5 Å². The molecule has 98 valence electrons. The van der Waals surface area contributed by atoms with E-state index in [9.17, 15) is 5.26 Å². The molecule has 0 fully saturated rings. The van der Waals surface area contributed by atoms with Gasteiger partial charge in [0.1, 0.15) is 12.0 Å². The highest BCUT2D eigenvalue weighted by Crippen LogP contribution is 2.39. The van der Waals surface area contributed by atoms with E-state index in [0.29, 0.717) is 18.4 Å². The molecule has 0 aromatic heterocycles. The van der Waals surface area contributed by atoms with Gasteiger partial charge in [0, 0.05) is 12.8 Å². The first kappa shape index (κ1) is 12.2. The second kappa shape index (κ2) is 4.38. The summed E-state index contributed by atoms with van der Waals surface area (Å²) in [4.78, 5) is 4.67. The summed E-state index contributed by atoms with van der Waals surface area (Å²) in [6, 6.07) is 10.9. The van der Waals surface area contributed by atoms with Crippen molar-refractivity contribution < 1.29 is 4.74 Å². The molecule has 1 aliphatic heterocycles. The van der Waals surface area contributed by atoms with E-state index in [2.05, 4.69) is 37.0 Å². The summed E-state index contributed by atoms with van der Waals surface area (Å²) >= 11 is 0. The van der Waals surface area contributed by atoms with Gasteiger partial charge in [0.15, 0.2) is 0 Å². The number of fused-ring (bicyclic) bond motifs is 1. The van der Waals surface area contributed by atoms with Gasteiger partial charge in [-0.3, -0.25) is 0 Å². The zero-order valence-corrected chi connectivity index (χ0v) is 11.4. The molecule has 0 radical (unpaired) electrons. The molecule has 19 heavy (non-hydrogen) atoms. The Morgan fingerprint density at radius 2 is 1.95 bits per heavy atom. The van der Waals surface area contributed by atoms with Crippen molar-refractivity contribution in [1.82, 2.24) is 0 Å². The highest BCUT2D eigenvalue weighted by atomic mass is 16.5. The summed E-state index contributed by atoms with van der Waals surface area (Å²) in [6.07, 6.45) is 1.45.